The second-order valence-electron chi connectivity index (χ2n) is 7.95. The topological polar surface area (TPSA) is 59.8 Å². The predicted octanol–water partition coefficient (Wildman–Crippen LogP) is 5.41. The lowest BCUT2D eigenvalue weighted by atomic mass is 9.88. The summed E-state index contributed by atoms with van der Waals surface area (Å²) in [7, 11) is 0. The molecule has 30 heavy (non-hydrogen) atoms. The lowest BCUT2D eigenvalue weighted by molar-refractivity contribution is -0.113. The molecule has 1 heterocycles. The number of carbonyl (C=O) groups excluding carboxylic acids is 1. The number of amides is 1. The van der Waals surface area contributed by atoms with Gasteiger partial charge in [0, 0.05) is 11.6 Å². The number of aromatic nitrogens is 3. The molecule has 1 aromatic heterocycles. The maximum atomic E-state index is 12.5. The Balaban J connectivity index is 1.48. The van der Waals surface area contributed by atoms with Gasteiger partial charge in [0.15, 0.2) is 5.16 Å². The van der Waals surface area contributed by atoms with Crippen molar-refractivity contribution in [3.8, 4) is 0 Å². The molecule has 3 aromatic rings. The number of carbonyl (C=O) groups is 1. The normalized spacial score (nSPS) is 14.6. The Labute approximate surface area is 182 Å². The Kier molecular flexibility index (Phi) is 6.84. The van der Waals surface area contributed by atoms with E-state index in [0.717, 1.165) is 23.2 Å². The van der Waals surface area contributed by atoms with Crippen molar-refractivity contribution in [3.63, 3.8) is 0 Å². The smallest absolute Gasteiger partial charge is 0.234 e. The fourth-order valence-electron chi connectivity index (χ4n) is 3.95. The zero-order valence-electron chi connectivity index (χ0n) is 17.4. The number of nitrogens with zero attached hydrogens (tertiary/aromatic N) is 3. The largest absolute Gasteiger partial charge is 0.325 e. The summed E-state index contributed by atoms with van der Waals surface area (Å²) in [6.45, 7) is 2.77. The fourth-order valence-corrected chi connectivity index (χ4v) is 4.69. The Morgan fingerprint density at radius 1 is 1.03 bits per heavy atom. The Morgan fingerprint density at radius 3 is 2.50 bits per heavy atom. The molecule has 0 atom stereocenters. The first-order chi connectivity index (χ1) is 14.7. The average molecular weight is 421 g/mol. The van der Waals surface area contributed by atoms with Gasteiger partial charge in [0.05, 0.1) is 12.3 Å². The van der Waals surface area contributed by atoms with Crippen LogP contribution in [0.3, 0.4) is 0 Å². The van der Waals surface area contributed by atoms with Crippen molar-refractivity contribution in [1.82, 2.24) is 14.8 Å². The van der Waals surface area contributed by atoms with Gasteiger partial charge in [0.2, 0.25) is 5.91 Å². The van der Waals surface area contributed by atoms with Crippen LogP contribution in [0.25, 0.3) is 0 Å². The minimum Gasteiger partial charge on any atom is -0.325 e. The molecule has 1 aliphatic carbocycles. The van der Waals surface area contributed by atoms with Gasteiger partial charge in [-0.05, 0) is 37.5 Å². The van der Waals surface area contributed by atoms with E-state index in [4.69, 9.17) is 0 Å². The van der Waals surface area contributed by atoms with E-state index < -0.39 is 0 Å². The molecule has 0 radical (unpaired) electrons. The summed E-state index contributed by atoms with van der Waals surface area (Å²) >= 11 is 1.46. The number of hydrogen-bond acceptors (Lipinski definition) is 4. The number of benzene rings is 2. The second-order valence-corrected chi connectivity index (χ2v) is 8.89. The summed E-state index contributed by atoms with van der Waals surface area (Å²) in [4.78, 5) is 12.5. The molecule has 1 N–H and O–H groups in total. The monoisotopic (exact) mass is 420 g/mol. The molecule has 0 unspecified atom stereocenters. The van der Waals surface area contributed by atoms with Gasteiger partial charge in [-0.15, -0.1) is 10.2 Å². The minimum absolute atomic E-state index is 0.0302. The van der Waals surface area contributed by atoms with Crippen LogP contribution >= 0.6 is 11.8 Å². The van der Waals surface area contributed by atoms with Crippen LogP contribution in [0, 0.1) is 6.92 Å². The molecule has 1 saturated carbocycles. The lowest BCUT2D eigenvalue weighted by Gasteiger charge is -2.22. The van der Waals surface area contributed by atoms with Crippen LogP contribution in [-0.2, 0) is 11.3 Å². The van der Waals surface area contributed by atoms with Crippen molar-refractivity contribution in [2.75, 3.05) is 11.1 Å². The van der Waals surface area contributed by atoms with Crippen LogP contribution in [0.4, 0.5) is 5.69 Å². The van der Waals surface area contributed by atoms with Crippen LogP contribution in [0.1, 0.15) is 55.0 Å². The Morgan fingerprint density at radius 2 is 1.77 bits per heavy atom. The van der Waals surface area contributed by atoms with Crippen molar-refractivity contribution >= 4 is 23.4 Å². The van der Waals surface area contributed by atoms with Crippen LogP contribution in [-0.4, -0.2) is 26.4 Å². The average Bonchev–Trinajstić information content (AvgIpc) is 3.17. The van der Waals surface area contributed by atoms with Crippen LogP contribution in [0.2, 0.25) is 0 Å². The van der Waals surface area contributed by atoms with Gasteiger partial charge < -0.3 is 9.88 Å². The number of nitrogens with one attached hydrogen (secondary N) is 1. The maximum absolute atomic E-state index is 12.5. The molecule has 0 saturated heterocycles. The number of anilines is 1. The van der Waals surface area contributed by atoms with E-state index in [1.54, 1.807) is 0 Å². The van der Waals surface area contributed by atoms with E-state index in [9.17, 15) is 4.79 Å². The van der Waals surface area contributed by atoms with Gasteiger partial charge in [-0.3, -0.25) is 4.79 Å². The third kappa shape index (κ3) is 5.30. The Bertz CT molecular complexity index is 963. The summed E-state index contributed by atoms with van der Waals surface area (Å²) in [6, 6.07) is 18.2. The van der Waals surface area contributed by atoms with Crippen molar-refractivity contribution in [2.24, 2.45) is 0 Å². The van der Waals surface area contributed by atoms with E-state index in [1.165, 1.54) is 55.0 Å². The van der Waals surface area contributed by atoms with Crippen LogP contribution < -0.4 is 5.32 Å². The molecule has 0 bridgehead atoms. The van der Waals surface area contributed by atoms with Gasteiger partial charge >= 0.3 is 0 Å². The van der Waals surface area contributed by atoms with Crippen molar-refractivity contribution in [3.05, 3.63) is 71.5 Å². The summed E-state index contributed by atoms with van der Waals surface area (Å²) in [6.07, 6.45) is 6.16. The van der Waals surface area contributed by atoms with E-state index in [1.807, 2.05) is 37.3 Å². The molecular formula is C24H28N4OS. The summed E-state index contributed by atoms with van der Waals surface area (Å²) in [5.41, 5.74) is 3.21. The molecule has 4 rings (SSSR count). The summed E-state index contributed by atoms with van der Waals surface area (Å²) < 4.78 is 2.22. The number of aryl methyl sites for hydroxylation is 1. The first-order valence-corrected chi connectivity index (χ1v) is 11.6. The van der Waals surface area contributed by atoms with Crippen LogP contribution in [0.5, 0.6) is 0 Å². The van der Waals surface area contributed by atoms with E-state index in [-0.39, 0.29) is 5.91 Å². The van der Waals surface area contributed by atoms with Gasteiger partial charge in [-0.1, -0.05) is 79.1 Å². The van der Waals surface area contributed by atoms with Gasteiger partial charge in [0.1, 0.15) is 5.82 Å². The summed E-state index contributed by atoms with van der Waals surface area (Å²) in [5, 5.41) is 12.8. The standard InChI is InChI=1S/C24H28N4OS/c1-18-12-14-21(15-13-18)25-22(29)17-30-24-27-26-23(20-10-6-3-7-11-20)28(24)16-19-8-4-2-5-9-19/h2,4-5,8-9,12-15,20H,3,6-7,10-11,16-17H2,1H3,(H,25,29). The minimum atomic E-state index is -0.0302. The van der Waals surface area contributed by atoms with Gasteiger partial charge in [0.25, 0.3) is 0 Å². The van der Waals surface area contributed by atoms with Crippen LogP contribution in [0.15, 0.2) is 59.8 Å². The maximum Gasteiger partial charge on any atom is 0.234 e. The second kappa shape index (κ2) is 9.94. The molecule has 1 fully saturated rings. The van der Waals surface area contributed by atoms with Crippen molar-refractivity contribution < 1.29 is 4.79 Å². The number of hydrogen-bond donors (Lipinski definition) is 1. The molecule has 1 aliphatic rings. The molecular weight excluding hydrogens is 392 g/mol. The highest BCUT2D eigenvalue weighted by Crippen LogP contribution is 2.33. The third-order valence-electron chi connectivity index (χ3n) is 5.57. The fraction of sp³-hybridized carbons (Fsp3) is 0.375. The van der Waals surface area contributed by atoms with Gasteiger partial charge in [-0.25, -0.2) is 0 Å². The van der Waals surface area contributed by atoms with Crippen molar-refractivity contribution in [1.29, 1.82) is 0 Å². The molecule has 0 spiro atoms. The first-order valence-electron chi connectivity index (χ1n) is 10.7. The lowest BCUT2D eigenvalue weighted by Crippen LogP contribution is -2.16. The number of thioether (sulfide) groups is 1. The first kappa shape index (κ1) is 20.7. The third-order valence-corrected chi connectivity index (χ3v) is 6.53. The highest BCUT2D eigenvalue weighted by Gasteiger charge is 2.24. The van der Waals surface area contributed by atoms with E-state index in [0.29, 0.717) is 11.7 Å². The van der Waals surface area contributed by atoms with E-state index >= 15 is 0 Å². The Hall–Kier alpha value is -2.60. The molecule has 2 aromatic carbocycles. The summed E-state index contributed by atoms with van der Waals surface area (Å²) in [5.74, 6) is 1.81. The molecule has 5 nitrogen and oxygen atoms in total. The molecule has 6 heteroatoms. The molecule has 0 aliphatic heterocycles. The highest BCUT2D eigenvalue weighted by molar-refractivity contribution is 7.99. The predicted molar refractivity (Wildman–Crippen MR) is 122 cm³/mol. The zero-order valence-corrected chi connectivity index (χ0v) is 18.2. The highest BCUT2D eigenvalue weighted by atomic mass is 32.2. The van der Waals surface area contributed by atoms with E-state index in [2.05, 4.69) is 44.3 Å². The molecule has 1 amide bonds. The zero-order chi connectivity index (χ0) is 20.8. The molecule has 156 valence electrons. The number of rotatable bonds is 7. The SMILES string of the molecule is Cc1ccc(NC(=O)CSc2nnc(C3CCCCC3)n2Cc2ccccc2)cc1. The van der Waals surface area contributed by atoms with Crippen molar-refractivity contribution in [2.45, 2.75) is 56.6 Å². The van der Waals surface area contributed by atoms with Gasteiger partial charge in [-0.2, -0.15) is 0 Å². The quantitative estimate of drug-likeness (QED) is 0.519.